The molecule has 0 fully saturated rings. The van der Waals surface area contributed by atoms with E-state index in [9.17, 15) is 0 Å². The normalized spacial score (nSPS) is 25.6. The van der Waals surface area contributed by atoms with Gasteiger partial charge in [-0.05, 0) is 6.92 Å². The zero-order valence-electron chi connectivity index (χ0n) is 5.57. The van der Waals surface area contributed by atoms with Crippen molar-refractivity contribution in [2.75, 3.05) is 0 Å². The van der Waals surface area contributed by atoms with Crippen LogP contribution >= 0.6 is 0 Å². The molecule has 0 saturated heterocycles. The molecule has 0 spiro atoms. The van der Waals surface area contributed by atoms with Crippen molar-refractivity contribution in [2.45, 2.75) is 13.8 Å². The number of amidine groups is 1. The summed E-state index contributed by atoms with van der Waals surface area (Å²) >= 11 is 0. The number of hydrogen-bond acceptors (Lipinski definition) is 3. The fourth-order valence-corrected chi connectivity index (χ4v) is 0.512. The Hall–Kier alpha value is -0.990. The first-order chi connectivity index (χ1) is 4.29. The first-order valence-corrected chi connectivity index (χ1v) is 2.91. The van der Waals surface area contributed by atoms with Crippen LogP contribution in [0.1, 0.15) is 13.8 Å². The van der Waals surface area contributed by atoms with Crippen LogP contribution in [0.15, 0.2) is 15.2 Å². The Balaban J connectivity index is 2.75. The molecule has 0 N–H and O–H groups in total. The summed E-state index contributed by atoms with van der Waals surface area (Å²) in [5, 5.41) is 7.53. The van der Waals surface area contributed by atoms with Crippen LogP contribution in [-0.2, 0) is 0 Å². The second-order valence-corrected chi connectivity index (χ2v) is 2.05. The largest absolute Gasteiger partial charge is 0.243 e. The molecule has 0 aliphatic carbocycles. The van der Waals surface area contributed by atoms with Crippen LogP contribution in [0.3, 0.4) is 0 Å². The number of hydrogen-bond donors (Lipinski definition) is 0. The van der Waals surface area contributed by atoms with Crippen molar-refractivity contribution in [1.82, 2.24) is 0 Å². The highest BCUT2D eigenvalue weighted by atomic mass is 15.2. The van der Waals surface area contributed by atoms with Crippen LogP contribution < -0.4 is 0 Å². The zero-order valence-corrected chi connectivity index (χ0v) is 5.57. The molecule has 1 aliphatic heterocycles. The Morgan fingerprint density at radius 3 is 3.00 bits per heavy atom. The van der Waals surface area contributed by atoms with E-state index < -0.39 is 0 Å². The van der Waals surface area contributed by atoms with Gasteiger partial charge in [-0.15, -0.1) is 5.10 Å². The van der Waals surface area contributed by atoms with Gasteiger partial charge in [-0.2, -0.15) is 5.10 Å². The highest BCUT2D eigenvalue weighted by Crippen LogP contribution is 1.92. The van der Waals surface area contributed by atoms with Crippen LogP contribution in [0, 0.1) is 5.92 Å². The molecule has 9 heavy (non-hydrogen) atoms. The Morgan fingerprint density at radius 2 is 2.22 bits per heavy atom. The van der Waals surface area contributed by atoms with Gasteiger partial charge in [0.2, 0.25) is 0 Å². The second-order valence-electron chi connectivity index (χ2n) is 2.05. The summed E-state index contributed by atoms with van der Waals surface area (Å²) in [5.41, 5.74) is 0. The van der Waals surface area contributed by atoms with Crippen molar-refractivity contribution >= 4 is 18.3 Å². The minimum Gasteiger partial charge on any atom is -0.243 e. The lowest BCUT2D eigenvalue weighted by molar-refractivity contribution is 1.10. The highest BCUT2D eigenvalue weighted by molar-refractivity contribution is 5.94. The summed E-state index contributed by atoms with van der Waals surface area (Å²) in [6.45, 7) is 3.84. The molecule has 1 heterocycles. The van der Waals surface area contributed by atoms with Gasteiger partial charge in [-0.1, -0.05) is 6.92 Å². The quantitative estimate of drug-likeness (QED) is 0.462. The van der Waals surface area contributed by atoms with Crippen molar-refractivity contribution < 1.29 is 0 Å². The first kappa shape index (κ1) is 6.13. The lowest BCUT2D eigenvalue weighted by Crippen LogP contribution is -1.95. The van der Waals surface area contributed by atoms with Gasteiger partial charge in [-0.3, -0.25) is 0 Å². The average molecular weight is 123 g/mol. The number of rotatable bonds is 0. The van der Waals surface area contributed by atoms with Gasteiger partial charge < -0.3 is 0 Å². The molecule has 0 amide bonds. The van der Waals surface area contributed by atoms with Crippen LogP contribution in [-0.4, -0.2) is 18.3 Å². The second kappa shape index (κ2) is 2.53. The van der Waals surface area contributed by atoms with Gasteiger partial charge in [-0.25, -0.2) is 4.99 Å². The fourth-order valence-electron chi connectivity index (χ4n) is 0.512. The topological polar surface area (TPSA) is 37.1 Å². The van der Waals surface area contributed by atoms with E-state index in [1.54, 1.807) is 6.21 Å². The van der Waals surface area contributed by atoms with Gasteiger partial charge in [0.25, 0.3) is 0 Å². The SMILES string of the molecule is CC1=NN=C[C@@H](C)C=N1. The molecule has 0 radical (unpaired) electrons. The van der Waals surface area contributed by atoms with Crippen molar-refractivity contribution in [3.8, 4) is 0 Å². The van der Waals surface area contributed by atoms with Crippen molar-refractivity contribution in [3.63, 3.8) is 0 Å². The Labute approximate surface area is 54.2 Å². The molecule has 48 valence electrons. The first-order valence-electron chi connectivity index (χ1n) is 2.91. The van der Waals surface area contributed by atoms with E-state index in [4.69, 9.17) is 0 Å². The molecule has 0 aromatic rings. The molecule has 3 heteroatoms. The maximum absolute atomic E-state index is 4.00. The summed E-state index contributed by atoms with van der Waals surface area (Å²) in [7, 11) is 0. The van der Waals surface area contributed by atoms with Crippen LogP contribution in [0.5, 0.6) is 0 Å². The van der Waals surface area contributed by atoms with Crippen LogP contribution in [0.2, 0.25) is 0 Å². The Kier molecular flexibility index (Phi) is 1.72. The maximum Gasteiger partial charge on any atom is 0.147 e. The minimum absolute atomic E-state index is 0.311. The molecular weight excluding hydrogens is 114 g/mol. The summed E-state index contributed by atoms with van der Waals surface area (Å²) in [4.78, 5) is 4.00. The smallest absolute Gasteiger partial charge is 0.147 e. The van der Waals surface area contributed by atoms with Crippen molar-refractivity contribution in [3.05, 3.63) is 0 Å². The van der Waals surface area contributed by atoms with Crippen LogP contribution in [0.25, 0.3) is 0 Å². The predicted molar refractivity (Wildman–Crippen MR) is 39.3 cm³/mol. The lowest BCUT2D eigenvalue weighted by Gasteiger charge is -1.87. The summed E-state index contributed by atoms with van der Waals surface area (Å²) in [6, 6.07) is 0. The molecule has 0 saturated carbocycles. The third kappa shape index (κ3) is 1.76. The van der Waals surface area contributed by atoms with E-state index in [2.05, 4.69) is 15.2 Å². The third-order valence-corrected chi connectivity index (χ3v) is 1.00. The molecule has 1 aliphatic rings. The summed E-state index contributed by atoms with van der Waals surface area (Å²) in [5.74, 6) is 1.03. The molecule has 3 nitrogen and oxygen atoms in total. The van der Waals surface area contributed by atoms with E-state index in [0.717, 1.165) is 5.84 Å². The molecule has 0 unspecified atom stereocenters. The van der Waals surface area contributed by atoms with E-state index >= 15 is 0 Å². The molecule has 1 atom stereocenters. The van der Waals surface area contributed by atoms with Crippen molar-refractivity contribution in [1.29, 1.82) is 0 Å². The predicted octanol–water partition coefficient (Wildman–Crippen LogP) is 1.11. The van der Waals surface area contributed by atoms with Gasteiger partial charge in [0.05, 0.1) is 0 Å². The zero-order chi connectivity index (χ0) is 6.69. The molecule has 1 rings (SSSR count). The summed E-state index contributed by atoms with van der Waals surface area (Å²) in [6.07, 6.45) is 3.59. The molecule has 0 bridgehead atoms. The van der Waals surface area contributed by atoms with Gasteiger partial charge in [0.15, 0.2) is 0 Å². The highest BCUT2D eigenvalue weighted by Gasteiger charge is 1.94. The Morgan fingerprint density at radius 1 is 1.44 bits per heavy atom. The van der Waals surface area contributed by atoms with E-state index in [-0.39, 0.29) is 0 Å². The minimum atomic E-state index is 0.311. The Bertz CT molecular complexity index is 179. The van der Waals surface area contributed by atoms with Gasteiger partial charge in [0.1, 0.15) is 5.84 Å². The number of aliphatic imine (C=N–C) groups is 1. The fraction of sp³-hybridized carbons (Fsp3) is 0.500. The monoisotopic (exact) mass is 123 g/mol. The van der Waals surface area contributed by atoms with Crippen LogP contribution in [0.4, 0.5) is 0 Å². The van der Waals surface area contributed by atoms with E-state index in [1.165, 1.54) is 0 Å². The van der Waals surface area contributed by atoms with Gasteiger partial charge >= 0.3 is 0 Å². The van der Waals surface area contributed by atoms with Crippen molar-refractivity contribution in [2.24, 2.45) is 21.1 Å². The van der Waals surface area contributed by atoms with Gasteiger partial charge in [0, 0.05) is 18.3 Å². The molecule has 0 aromatic carbocycles. The van der Waals surface area contributed by atoms with E-state index in [1.807, 2.05) is 20.1 Å². The standard InChI is InChI=1S/C6H9N3/c1-5-3-7-6(2)9-8-4-5/h3-5H,1-2H3/t5-/m0/s1. The average Bonchev–Trinajstić information content (AvgIpc) is 1.97. The molecular formula is C6H9N3. The lowest BCUT2D eigenvalue weighted by atomic mass is 10.2. The van der Waals surface area contributed by atoms with E-state index in [0.29, 0.717) is 5.92 Å². The maximum atomic E-state index is 4.00. The number of nitrogens with zero attached hydrogens (tertiary/aromatic N) is 3. The summed E-state index contributed by atoms with van der Waals surface area (Å²) < 4.78 is 0. The molecule has 0 aromatic heterocycles. The third-order valence-electron chi connectivity index (χ3n) is 1.00.